The molecule has 0 aliphatic carbocycles. The number of halogens is 1. The lowest BCUT2D eigenvalue weighted by atomic mass is 10.1. The van der Waals surface area contributed by atoms with Crippen LogP contribution in [0.5, 0.6) is 0 Å². The van der Waals surface area contributed by atoms with E-state index in [1.165, 1.54) is 17.3 Å². The van der Waals surface area contributed by atoms with Crippen molar-refractivity contribution in [2.24, 2.45) is 0 Å². The number of benzene rings is 2. The Morgan fingerprint density at radius 3 is 2.79 bits per heavy atom. The zero-order valence-corrected chi connectivity index (χ0v) is 19.3. The number of rotatable bonds is 7. The molecule has 1 aliphatic heterocycles. The first-order valence-corrected chi connectivity index (χ1v) is 11.6. The molecule has 0 radical (unpaired) electrons. The second-order valence-electron chi connectivity index (χ2n) is 8.59. The summed E-state index contributed by atoms with van der Waals surface area (Å²) in [6.07, 6.45) is 1.95. The molecule has 1 unspecified atom stereocenters. The van der Waals surface area contributed by atoms with Gasteiger partial charge < -0.3 is 18.8 Å². The van der Waals surface area contributed by atoms with Gasteiger partial charge in [-0.25, -0.2) is 9.37 Å². The number of aromatic nitrogens is 3. The number of ether oxygens (including phenoxy) is 1. The second-order valence-corrected chi connectivity index (χ2v) is 8.59. The van der Waals surface area contributed by atoms with Gasteiger partial charge in [-0.2, -0.15) is 5.26 Å². The topological polar surface area (TPSA) is 59.0 Å². The van der Waals surface area contributed by atoms with E-state index in [-0.39, 0.29) is 11.6 Å². The van der Waals surface area contributed by atoms with Crippen molar-refractivity contribution in [1.29, 1.82) is 5.26 Å². The fourth-order valence-corrected chi connectivity index (χ4v) is 5.21. The van der Waals surface area contributed by atoms with E-state index in [4.69, 9.17) is 9.72 Å². The van der Waals surface area contributed by atoms with Gasteiger partial charge in [-0.05, 0) is 44.0 Å². The number of imidazole rings is 1. The molecule has 2 aromatic carbocycles. The zero-order chi connectivity index (χ0) is 23.1. The minimum atomic E-state index is -0.406. The third-order valence-corrected chi connectivity index (χ3v) is 6.69. The molecule has 1 aliphatic rings. The number of hydrogen-bond acceptors (Lipinski definition) is 4. The van der Waals surface area contributed by atoms with Crippen molar-refractivity contribution >= 4 is 27.6 Å². The highest BCUT2D eigenvalue weighted by Crippen LogP contribution is 2.42. The van der Waals surface area contributed by atoms with Crippen molar-refractivity contribution in [2.45, 2.75) is 39.3 Å². The minimum absolute atomic E-state index is 0.277. The van der Waals surface area contributed by atoms with Gasteiger partial charge in [-0.15, -0.1) is 0 Å². The fourth-order valence-electron chi connectivity index (χ4n) is 5.21. The number of aryl methyl sites for hydroxylation is 1. The molecule has 33 heavy (non-hydrogen) atoms. The van der Waals surface area contributed by atoms with Crippen LogP contribution < -0.4 is 4.90 Å². The Labute approximate surface area is 192 Å². The first-order chi connectivity index (χ1) is 16.1. The molecule has 2 aromatic heterocycles. The Morgan fingerprint density at radius 2 is 2.06 bits per heavy atom. The number of fused-ring (bicyclic) bond motifs is 1. The summed E-state index contributed by atoms with van der Waals surface area (Å²) >= 11 is 0. The molecule has 5 rings (SSSR count). The van der Waals surface area contributed by atoms with Gasteiger partial charge in [0.1, 0.15) is 11.3 Å². The standard InChI is InChI=1S/C26H28FN5O/c1-4-19-16-30(10-7-11-33-3)22-9-6-8-18-14-23(32(19)24(18)22)26-29-21-13-17(15-28)12-20(27)25(21)31(26)5-2/h6,8-9,12-14,19H,4-5,7,10-11,16H2,1-3H3. The molecule has 0 saturated heterocycles. The summed E-state index contributed by atoms with van der Waals surface area (Å²) in [5.41, 5.74) is 4.68. The predicted molar refractivity (Wildman–Crippen MR) is 129 cm³/mol. The van der Waals surface area contributed by atoms with Crippen molar-refractivity contribution in [3.8, 4) is 17.6 Å². The Hall–Kier alpha value is -3.37. The lowest BCUT2D eigenvalue weighted by Crippen LogP contribution is -2.36. The summed E-state index contributed by atoms with van der Waals surface area (Å²) in [6, 6.07) is 13.9. The van der Waals surface area contributed by atoms with Gasteiger partial charge >= 0.3 is 0 Å². The highest BCUT2D eigenvalue weighted by molar-refractivity contribution is 5.97. The Morgan fingerprint density at radius 1 is 1.21 bits per heavy atom. The van der Waals surface area contributed by atoms with Crippen LogP contribution in [0.1, 0.15) is 38.3 Å². The van der Waals surface area contributed by atoms with Gasteiger partial charge in [0.15, 0.2) is 5.82 Å². The lowest BCUT2D eigenvalue weighted by molar-refractivity contribution is 0.195. The maximum atomic E-state index is 15.0. The molecule has 6 nitrogen and oxygen atoms in total. The van der Waals surface area contributed by atoms with Crippen molar-refractivity contribution in [1.82, 2.24) is 14.1 Å². The van der Waals surface area contributed by atoms with Gasteiger partial charge in [-0.3, -0.25) is 0 Å². The van der Waals surface area contributed by atoms with Crippen LogP contribution in [-0.2, 0) is 11.3 Å². The molecule has 3 heterocycles. The van der Waals surface area contributed by atoms with Crippen LogP contribution >= 0.6 is 0 Å². The maximum Gasteiger partial charge on any atom is 0.157 e. The average molecular weight is 446 g/mol. The van der Waals surface area contributed by atoms with Crippen LogP contribution in [0.2, 0.25) is 0 Å². The maximum absolute atomic E-state index is 15.0. The summed E-state index contributed by atoms with van der Waals surface area (Å²) < 4.78 is 24.6. The van der Waals surface area contributed by atoms with E-state index in [2.05, 4.69) is 40.7 Å². The zero-order valence-electron chi connectivity index (χ0n) is 19.3. The van der Waals surface area contributed by atoms with Crippen LogP contribution in [0.25, 0.3) is 33.5 Å². The first-order valence-electron chi connectivity index (χ1n) is 11.6. The van der Waals surface area contributed by atoms with Crippen molar-refractivity contribution in [2.75, 3.05) is 31.7 Å². The molecular weight excluding hydrogens is 417 g/mol. The van der Waals surface area contributed by atoms with Crippen molar-refractivity contribution < 1.29 is 9.13 Å². The monoisotopic (exact) mass is 445 g/mol. The number of methoxy groups -OCH3 is 1. The highest BCUT2D eigenvalue weighted by Gasteiger charge is 2.30. The molecule has 0 bridgehead atoms. The molecule has 170 valence electrons. The average Bonchev–Trinajstić information content (AvgIpc) is 3.40. The van der Waals surface area contributed by atoms with Crippen molar-refractivity contribution in [3.63, 3.8) is 0 Å². The van der Waals surface area contributed by atoms with E-state index in [1.54, 1.807) is 13.2 Å². The van der Waals surface area contributed by atoms with Crippen LogP contribution in [0.4, 0.5) is 10.1 Å². The van der Waals surface area contributed by atoms with Gasteiger partial charge in [0.25, 0.3) is 0 Å². The summed E-state index contributed by atoms with van der Waals surface area (Å²) in [6.45, 7) is 7.40. The van der Waals surface area contributed by atoms with E-state index < -0.39 is 5.82 Å². The number of nitriles is 1. The minimum Gasteiger partial charge on any atom is -0.385 e. The molecule has 0 spiro atoms. The summed E-state index contributed by atoms with van der Waals surface area (Å²) in [4.78, 5) is 7.31. The Bertz CT molecular complexity index is 1380. The molecule has 0 saturated carbocycles. The van der Waals surface area contributed by atoms with E-state index in [9.17, 15) is 9.65 Å². The van der Waals surface area contributed by atoms with Crippen LogP contribution in [0, 0.1) is 17.1 Å². The third-order valence-electron chi connectivity index (χ3n) is 6.69. The Balaban J connectivity index is 1.74. The SMILES string of the molecule is CCC1CN(CCCOC)c2cccc3cc(-c4nc5cc(C#N)cc(F)c5n4CC)n1c23. The normalized spacial score (nSPS) is 15.5. The summed E-state index contributed by atoms with van der Waals surface area (Å²) in [5, 5.41) is 10.4. The van der Waals surface area contributed by atoms with Gasteiger partial charge in [-0.1, -0.05) is 19.1 Å². The van der Waals surface area contributed by atoms with E-state index in [0.717, 1.165) is 49.4 Å². The predicted octanol–water partition coefficient (Wildman–Crippen LogP) is 5.50. The molecule has 7 heteroatoms. The van der Waals surface area contributed by atoms with Gasteiger partial charge in [0, 0.05) is 38.7 Å². The largest absolute Gasteiger partial charge is 0.385 e. The van der Waals surface area contributed by atoms with Crippen LogP contribution in [-0.4, -0.2) is 40.9 Å². The lowest BCUT2D eigenvalue weighted by Gasteiger charge is -2.36. The van der Waals surface area contributed by atoms with Crippen LogP contribution in [0.15, 0.2) is 36.4 Å². The third kappa shape index (κ3) is 3.37. The quantitative estimate of drug-likeness (QED) is 0.353. The number of hydrogen-bond donors (Lipinski definition) is 0. The number of para-hydroxylation sites is 1. The molecule has 0 amide bonds. The molecule has 4 aromatic rings. The van der Waals surface area contributed by atoms with E-state index in [1.807, 2.05) is 17.6 Å². The van der Waals surface area contributed by atoms with Gasteiger partial charge in [0.2, 0.25) is 0 Å². The molecule has 0 fully saturated rings. The van der Waals surface area contributed by atoms with Crippen molar-refractivity contribution in [3.05, 3.63) is 47.8 Å². The van der Waals surface area contributed by atoms with Gasteiger partial charge in [0.05, 0.1) is 40.1 Å². The number of nitrogens with zero attached hydrogens (tertiary/aromatic N) is 5. The van der Waals surface area contributed by atoms with E-state index in [0.29, 0.717) is 17.6 Å². The second kappa shape index (κ2) is 8.53. The molecule has 1 atom stereocenters. The van der Waals surface area contributed by atoms with E-state index >= 15 is 0 Å². The summed E-state index contributed by atoms with van der Waals surface area (Å²) in [5.74, 6) is 0.339. The fraction of sp³-hybridized carbons (Fsp3) is 0.385. The smallest absolute Gasteiger partial charge is 0.157 e. The first kappa shape index (κ1) is 21.5. The summed E-state index contributed by atoms with van der Waals surface area (Å²) in [7, 11) is 1.74. The number of anilines is 1. The highest BCUT2D eigenvalue weighted by atomic mass is 19.1. The molecular formula is C26H28FN5O. The van der Waals surface area contributed by atoms with Crippen LogP contribution in [0.3, 0.4) is 0 Å². The Kier molecular flexibility index (Phi) is 5.55. The molecule has 0 N–H and O–H groups in total.